The predicted molar refractivity (Wildman–Crippen MR) is 119 cm³/mol. The highest BCUT2D eigenvalue weighted by Crippen LogP contribution is 2.43. The number of fused-ring (bicyclic) bond motifs is 2. The summed E-state index contributed by atoms with van der Waals surface area (Å²) < 4.78 is 0. The normalized spacial score (nSPS) is 11.3. The number of anilines is 1. The molecule has 0 radical (unpaired) electrons. The van der Waals surface area contributed by atoms with Gasteiger partial charge in [-0.1, -0.05) is 48.5 Å². The molecule has 2 aromatic carbocycles. The fourth-order valence-corrected chi connectivity index (χ4v) is 5.24. The Kier molecular flexibility index (Phi) is 3.89. The zero-order chi connectivity index (χ0) is 19.3. The van der Waals surface area contributed by atoms with Gasteiger partial charge in [0.2, 0.25) is 0 Å². The van der Waals surface area contributed by atoms with E-state index in [1.165, 1.54) is 11.3 Å². The summed E-state index contributed by atoms with van der Waals surface area (Å²) in [6.07, 6.45) is 0. The van der Waals surface area contributed by atoms with E-state index in [4.69, 9.17) is 16.5 Å². The van der Waals surface area contributed by atoms with Crippen molar-refractivity contribution in [3.8, 4) is 21.7 Å². The maximum Gasteiger partial charge on any atom is 0.260 e. The monoisotopic (exact) mass is 401 g/mol. The number of carbonyl (C=O) groups is 1. The number of hydrogen-bond acceptors (Lipinski definition) is 5. The number of hydrogen-bond donors (Lipinski definition) is 2. The van der Waals surface area contributed by atoms with E-state index in [2.05, 4.69) is 30.3 Å². The van der Waals surface area contributed by atoms with Crippen molar-refractivity contribution in [2.75, 3.05) is 5.73 Å². The lowest BCUT2D eigenvalue weighted by Crippen LogP contribution is -2.10. The minimum Gasteiger partial charge on any atom is -0.397 e. The average molecular weight is 402 g/mol. The van der Waals surface area contributed by atoms with Crippen LogP contribution in [0.1, 0.15) is 9.67 Å². The van der Waals surface area contributed by atoms with Crippen LogP contribution in [-0.2, 0) is 0 Å². The molecular formula is C22H15N3OS2. The van der Waals surface area contributed by atoms with Crippen LogP contribution in [0.3, 0.4) is 0 Å². The van der Waals surface area contributed by atoms with Gasteiger partial charge in [0.05, 0.1) is 11.4 Å². The molecule has 0 aliphatic carbocycles. The van der Waals surface area contributed by atoms with Crippen LogP contribution in [0.15, 0.2) is 66.0 Å². The summed E-state index contributed by atoms with van der Waals surface area (Å²) in [6, 6.07) is 20.5. The largest absolute Gasteiger partial charge is 0.397 e. The molecule has 0 aliphatic rings. The molecule has 5 aromatic rings. The van der Waals surface area contributed by atoms with Gasteiger partial charge in [0.25, 0.3) is 5.91 Å². The van der Waals surface area contributed by atoms with E-state index in [0.717, 1.165) is 42.7 Å². The molecule has 4 N–H and O–H groups in total. The molecule has 5 rings (SSSR count). The van der Waals surface area contributed by atoms with Crippen molar-refractivity contribution in [2.45, 2.75) is 0 Å². The lowest BCUT2D eigenvalue weighted by atomic mass is 9.99. The van der Waals surface area contributed by atoms with Crippen LogP contribution in [-0.4, -0.2) is 10.9 Å². The first kappa shape index (κ1) is 16.9. The standard InChI is InChI=1S/C22H15N3OS2/c23-19-18-15(17-9-4-10-27-17)11-16(25-22(18)28-20(19)21(24)26)14-8-3-6-12-5-1-2-7-13(12)14/h1-11H,23H2,(H2,24,26). The van der Waals surface area contributed by atoms with Crippen molar-refractivity contribution < 1.29 is 4.79 Å². The van der Waals surface area contributed by atoms with Gasteiger partial charge in [-0.2, -0.15) is 0 Å². The summed E-state index contributed by atoms with van der Waals surface area (Å²) in [7, 11) is 0. The molecule has 0 bridgehead atoms. The highest BCUT2D eigenvalue weighted by Gasteiger charge is 2.21. The van der Waals surface area contributed by atoms with Gasteiger partial charge in [0, 0.05) is 21.4 Å². The molecule has 0 aliphatic heterocycles. The molecule has 6 heteroatoms. The lowest BCUT2D eigenvalue weighted by molar-refractivity contribution is 0.100. The van der Waals surface area contributed by atoms with Gasteiger partial charge in [-0.3, -0.25) is 4.79 Å². The molecule has 0 atom stereocenters. The lowest BCUT2D eigenvalue weighted by Gasteiger charge is -2.09. The molecule has 0 saturated heterocycles. The Morgan fingerprint density at radius 2 is 1.79 bits per heavy atom. The summed E-state index contributed by atoms with van der Waals surface area (Å²) in [6.45, 7) is 0. The van der Waals surface area contributed by atoms with Gasteiger partial charge in [-0.15, -0.1) is 22.7 Å². The Hall–Kier alpha value is -3.22. The number of primary amides is 1. The van der Waals surface area contributed by atoms with Crippen molar-refractivity contribution in [2.24, 2.45) is 5.73 Å². The van der Waals surface area contributed by atoms with E-state index < -0.39 is 5.91 Å². The number of benzene rings is 2. The second-order valence-corrected chi connectivity index (χ2v) is 8.40. The number of thiophene rings is 2. The molecule has 0 unspecified atom stereocenters. The fraction of sp³-hybridized carbons (Fsp3) is 0. The van der Waals surface area contributed by atoms with Crippen LogP contribution in [0.25, 0.3) is 42.7 Å². The zero-order valence-electron chi connectivity index (χ0n) is 14.7. The number of nitrogen functional groups attached to an aromatic ring is 1. The zero-order valence-corrected chi connectivity index (χ0v) is 16.3. The maximum absolute atomic E-state index is 11.8. The molecule has 0 spiro atoms. The summed E-state index contributed by atoms with van der Waals surface area (Å²) in [4.78, 5) is 18.9. The number of nitrogens with zero attached hydrogens (tertiary/aromatic N) is 1. The number of amides is 1. The van der Waals surface area contributed by atoms with Crippen molar-refractivity contribution in [1.82, 2.24) is 4.98 Å². The van der Waals surface area contributed by atoms with Gasteiger partial charge >= 0.3 is 0 Å². The molecule has 3 aromatic heterocycles. The molecular weight excluding hydrogens is 386 g/mol. The fourth-order valence-electron chi connectivity index (χ4n) is 3.52. The second kappa shape index (κ2) is 6.44. The number of rotatable bonds is 3. The molecule has 1 amide bonds. The third-order valence-corrected chi connectivity index (χ3v) is 6.79. The van der Waals surface area contributed by atoms with Crippen molar-refractivity contribution in [3.63, 3.8) is 0 Å². The number of aromatic nitrogens is 1. The third kappa shape index (κ3) is 2.58. The van der Waals surface area contributed by atoms with Crippen molar-refractivity contribution in [3.05, 3.63) is 70.9 Å². The van der Waals surface area contributed by atoms with E-state index in [1.54, 1.807) is 11.3 Å². The minimum atomic E-state index is -0.524. The van der Waals surface area contributed by atoms with E-state index >= 15 is 0 Å². The number of pyridine rings is 1. The van der Waals surface area contributed by atoms with Crippen LogP contribution in [0.2, 0.25) is 0 Å². The second-order valence-electron chi connectivity index (χ2n) is 6.45. The number of nitrogens with two attached hydrogens (primary N) is 2. The van der Waals surface area contributed by atoms with Crippen LogP contribution in [0.4, 0.5) is 5.69 Å². The van der Waals surface area contributed by atoms with Crippen molar-refractivity contribution in [1.29, 1.82) is 0 Å². The number of carbonyl (C=O) groups excluding carboxylic acids is 1. The first-order valence-corrected chi connectivity index (χ1v) is 10.4. The van der Waals surface area contributed by atoms with Gasteiger partial charge in [0.15, 0.2) is 0 Å². The topological polar surface area (TPSA) is 82.0 Å². The highest BCUT2D eigenvalue weighted by molar-refractivity contribution is 7.21. The third-order valence-electron chi connectivity index (χ3n) is 4.77. The molecule has 3 heterocycles. The smallest absolute Gasteiger partial charge is 0.260 e. The summed E-state index contributed by atoms with van der Waals surface area (Å²) in [5, 5.41) is 5.11. The minimum absolute atomic E-state index is 0.357. The van der Waals surface area contributed by atoms with E-state index in [-0.39, 0.29) is 0 Å². The average Bonchev–Trinajstić information content (AvgIpc) is 3.35. The Morgan fingerprint density at radius 1 is 0.964 bits per heavy atom. The molecule has 136 valence electrons. The molecule has 28 heavy (non-hydrogen) atoms. The first-order valence-electron chi connectivity index (χ1n) is 8.68. The summed E-state index contributed by atoms with van der Waals surface area (Å²) in [5.74, 6) is -0.524. The van der Waals surface area contributed by atoms with Gasteiger partial charge in [0.1, 0.15) is 9.71 Å². The van der Waals surface area contributed by atoms with Crippen LogP contribution < -0.4 is 11.5 Å². The molecule has 4 nitrogen and oxygen atoms in total. The van der Waals surface area contributed by atoms with Gasteiger partial charge in [-0.05, 0) is 28.3 Å². The van der Waals surface area contributed by atoms with E-state index in [0.29, 0.717) is 10.6 Å². The maximum atomic E-state index is 11.8. The summed E-state index contributed by atoms with van der Waals surface area (Å²) >= 11 is 2.88. The predicted octanol–water partition coefficient (Wildman–Crippen LogP) is 5.53. The Morgan fingerprint density at radius 3 is 2.57 bits per heavy atom. The Balaban J connectivity index is 1.87. The SMILES string of the molecule is NC(=O)c1sc2nc(-c3cccc4ccccc34)cc(-c3cccs3)c2c1N. The van der Waals surface area contributed by atoms with Crippen molar-refractivity contribution >= 4 is 55.3 Å². The highest BCUT2D eigenvalue weighted by atomic mass is 32.1. The first-order chi connectivity index (χ1) is 13.6. The van der Waals surface area contributed by atoms with E-state index in [9.17, 15) is 4.79 Å². The van der Waals surface area contributed by atoms with Crippen LogP contribution >= 0.6 is 22.7 Å². The Bertz CT molecular complexity index is 1350. The molecule has 0 saturated carbocycles. The van der Waals surface area contributed by atoms with Gasteiger partial charge in [-0.25, -0.2) is 4.98 Å². The Labute approximate surface area is 169 Å². The van der Waals surface area contributed by atoms with Gasteiger partial charge < -0.3 is 11.5 Å². The van der Waals surface area contributed by atoms with Crippen LogP contribution in [0.5, 0.6) is 0 Å². The summed E-state index contributed by atoms with van der Waals surface area (Å²) in [5.41, 5.74) is 15.1. The molecule has 0 fully saturated rings. The van der Waals surface area contributed by atoms with Crippen LogP contribution in [0, 0.1) is 0 Å². The quantitative estimate of drug-likeness (QED) is 0.417. The van der Waals surface area contributed by atoms with E-state index in [1.807, 2.05) is 35.7 Å².